The van der Waals surface area contributed by atoms with Crippen molar-refractivity contribution in [3.63, 3.8) is 0 Å². The van der Waals surface area contributed by atoms with Gasteiger partial charge in [0.1, 0.15) is 5.60 Å². The Morgan fingerprint density at radius 1 is 1.22 bits per heavy atom. The summed E-state index contributed by atoms with van der Waals surface area (Å²) in [5.41, 5.74) is -1.26. The van der Waals surface area contributed by atoms with Gasteiger partial charge in [-0.1, -0.05) is 34.6 Å². The van der Waals surface area contributed by atoms with Crippen molar-refractivity contribution < 1.29 is 19.1 Å². The van der Waals surface area contributed by atoms with E-state index in [0.717, 1.165) is 6.42 Å². The average Bonchev–Trinajstić information content (AvgIpc) is 2.37. The first-order valence-electron chi connectivity index (χ1n) is 10.3. The maximum atomic E-state index is 12.3. The fourth-order valence-corrected chi connectivity index (χ4v) is 4.84. The summed E-state index contributed by atoms with van der Waals surface area (Å²) in [6.07, 6.45) is 2.06. The van der Waals surface area contributed by atoms with E-state index < -0.39 is 25.6 Å². The van der Waals surface area contributed by atoms with Crippen molar-refractivity contribution in [3.8, 4) is 0 Å². The maximum absolute atomic E-state index is 12.3. The predicted octanol–water partition coefficient (Wildman–Crippen LogP) is 5.23. The standard InChI is InChI=1S/C21H43NO4Si/c1-15(2)13-21(24)12-11-16(22-18(23)25-19(3,4)5)17(14-21)26-27(9,10)20(6,7)8/h15-17,24H,11-14H2,1-10H3,(H,22,23)/t16-,17-,21?/m1/s1. The highest BCUT2D eigenvalue weighted by molar-refractivity contribution is 6.74. The number of amides is 1. The quantitative estimate of drug-likeness (QED) is 0.619. The topological polar surface area (TPSA) is 67.8 Å². The highest BCUT2D eigenvalue weighted by Gasteiger charge is 2.46. The minimum atomic E-state index is -2.04. The van der Waals surface area contributed by atoms with E-state index in [1.165, 1.54) is 0 Å². The third-order valence-electron chi connectivity index (χ3n) is 5.69. The summed E-state index contributed by atoms with van der Waals surface area (Å²) in [4.78, 5) is 12.3. The third-order valence-corrected chi connectivity index (χ3v) is 10.2. The molecule has 1 aliphatic carbocycles. The first kappa shape index (κ1) is 24.4. The Hall–Kier alpha value is -0.593. The molecule has 1 amide bonds. The Morgan fingerprint density at radius 3 is 2.22 bits per heavy atom. The van der Waals surface area contributed by atoms with Gasteiger partial charge in [-0.2, -0.15) is 0 Å². The Balaban J connectivity index is 2.98. The van der Waals surface area contributed by atoms with Crippen LogP contribution in [0.3, 0.4) is 0 Å². The number of ether oxygens (including phenoxy) is 1. The van der Waals surface area contributed by atoms with Gasteiger partial charge in [-0.05, 0) is 64.1 Å². The Kier molecular flexibility index (Phi) is 7.62. The molecule has 1 rings (SSSR count). The summed E-state index contributed by atoms with van der Waals surface area (Å²) in [5, 5.41) is 14.2. The van der Waals surface area contributed by atoms with Crippen molar-refractivity contribution in [3.05, 3.63) is 0 Å². The van der Waals surface area contributed by atoms with Gasteiger partial charge in [0, 0.05) is 6.42 Å². The number of hydrogen-bond donors (Lipinski definition) is 2. The van der Waals surface area contributed by atoms with E-state index in [9.17, 15) is 9.90 Å². The van der Waals surface area contributed by atoms with Gasteiger partial charge in [0.2, 0.25) is 0 Å². The highest BCUT2D eigenvalue weighted by atomic mass is 28.4. The molecule has 0 aliphatic heterocycles. The second-order valence-electron chi connectivity index (χ2n) is 11.2. The summed E-state index contributed by atoms with van der Waals surface area (Å²) in [7, 11) is -2.04. The van der Waals surface area contributed by atoms with Crippen LogP contribution < -0.4 is 5.32 Å². The van der Waals surface area contributed by atoms with Crippen LogP contribution in [0.15, 0.2) is 0 Å². The average molecular weight is 402 g/mol. The number of nitrogens with one attached hydrogen (secondary N) is 1. The number of rotatable bonds is 5. The number of alkyl carbamates (subject to hydrolysis) is 1. The minimum Gasteiger partial charge on any atom is -0.444 e. The van der Waals surface area contributed by atoms with Crippen LogP contribution in [0.5, 0.6) is 0 Å². The zero-order valence-corrected chi connectivity index (χ0v) is 20.2. The highest BCUT2D eigenvalue weighted by Crippen LogP contribution is 2.42. The van der Waals surface area contributed by atoms with Crippen LogP contribution in [0.1, 0.15) is 81.1 Å². The fourth-order valence-electron chi connectivity index (χ4n) is 3.48. The molecule has 27 heavy (non-hydrogen) atoms. The molecule has 6 heteroatoms. The summed E-state index contributed by atoms with van der Waals surface area (Å²) in [6.45, 7) is 20.9. The van der Waals surface area contributed by atoms with E-state index in [4.69, 9.17) is 9.16 Å². The molecule has 0 heterocycles. The lowest BCUT2D eigenvalue weighted by atomic mass is 9.76. The van der Waals surface area contributed by atoms with Gasteiger partial charge in [0.25, 0.3) is 0 Å². The summed E-state index contributed by atoms with van der Waals surface area (Å²) in [5.74, 6) is 0.416. The zero-order valence-electron chi connectivity index (χ0n) is 19.2. The maximum Gasteiger partial charge on any atom is 0.407 e. The van der Waals surface area contributed by atoms with Gasteiger partial charge in [0.05, 0.1) is 17.7 Å². The summed E-state index contributed by atoms with van der Waals surface area (Å²) >= 11 is 0. The van der Waals surface area contributed by atoms with Gasteiger partial charge >= 0.3 is 6.09 Å². The lowest BCUT2D eigenvalue weighted by Crippen LogP contribution is -2.57. The molecule has 1 aliphatic rings. The van der Waals surface area contributed by atoms with Crippen molar-refractivity contribution in [1.29, 1.82) is 0 Å². The van der Waals surface area contributed by atoms with E-state index in [2.05, 4.69) is 53.0 Å². The molecular formula is C21H43NO4Si. The normalized spacial score (nSPS) is 27.6. The van der Waals surface area contributed by atoms with E-state index in [0.29, 0.717) is 25.2 Å². The van der Waals surface area contributed by atoms with Crippen molar-refractivity contribution in [1.82, 2.24) is 5.32 Å². The number of aliphatic hydroxyl groups is 1. The molecular weight excluding hydrogens is 358 g/mol. The monoisotopic (exact) mass is 401 g/mol. The van der Waals surface area contributed by atoms with Crippen molar-refractivity contribution in [2.24, 2.45) is 5.92 Å². The molecule has 0 spiro atoms. The molecule has 160 valence electrons. The van der Waals surface area contributed by atoms with Crippen LogP contribution in [-0.2, 0) is 9.16 Å². The molecule has 0 saturated heterocycles. The zero-order chi connectivity index (χ0) is 21.3. The van der Waals surface area contributed by atoms with Gasteiger partial charge < -0.3 is 19.6 Å². The largest absolute Gasteiger partial charge is 0.444 e. The van der Waals surface area contributed by atoms with Crippen LogP contribution in [-0.4, -0.2) is 42.9 Å². The molecule has 0 aromatic heterocycles. The SMILES string of the molecule is CC(C)CC1(O)CC[C@@H](NC(=O)OC(C)(C)C)[C@H](O[Si](C)(C)C(C)(C)C)C1. The Bertz CT molecular complexity index is 507. The molecule has 0 radical (unpaired) electrons. The Labute approximate surface area is 167 Å². The van der Waals surface area contributed by atoms with Crippen LogP contribution in [0.4, 0.5) is 4.79 Å². The Morgan fingerprint density at radius 2 is 1.78 bits per heavy atom. The molecule has 2 N–H and O–H groups in total. The smallest absolute Gasteiger partial charge is 0.407 e. The first-order chi connectivity index (χ1) is 11.9. The second-order valence-corrected chi connectivity index (χ2v) is 16.0. The van der Waals surface area contributed by atoms with Gasteiger partial charge in [-0.15, -0.1) is 0 Å². The molecule has 3 atom stereocenters. The predicted molar refractivity (Wildman–Crippen MR) is 113 cm³/mol. The molecule has 0 aromatic carbocycles. The van der Waals surface area contributed by atoms with E-state index >= 15 is 0 Å². The molecule has 5 nitrogen and oxygen atoms in total. The number of carbonyl (C=O) groups is 1. The second kappa shape index (κ2) is 8.42. The first-order valence-corrected chi connectivity index (χ1v) is 13.2. The van der Waals surface area contributed by atoms with Gasteiger partial charge in [-0.25, -0.2) is 4.79 Å². The van der Waals surface area contributed by atoms with Crippen LogP contribution in [0.2, 0.25) is 18.1 Å². The number of hydrogen-bond acceptors (Lipinski definition) is 4. The van der Waals surface area contributed by atoms with Crippen LogP contribution in [0.25, 0.3) is 0 Å². The lowest BCUT2D eigenvalue weighted by Gasteiger charge is -2.47. The molecule has 1 fully saturated rings. The number of carbonyl (C=O) groups excluding carboxylic acids is 1. The minimum absolute atomic E-state index is 0.0665. The summed E-state index contributed by atoms with van der Waals surface area (Å²) in [6, 6.07) is -0.138. The van der Waals surface area contributed by atoms with Crippen molar-refractivity contribution in [2.75, 3.05) is 0 Å². The van der Waals surface area contributed by atoms with Crippen molar-refractivity contribution in [2.45, 2.75) is 123 Å². The molecule has 0 bridgehead atoms. The van der Waals surface area contributed by atoms with Crippen LogP contribution >= 0.6 is 0 Å². The van der Waals surface area contributed by atoms with Crippen molar-refractivity contribution >= 4 is 14.4 Å². The lowest BCUT2D eigenvalue weighted by molar-refractivity contribution is -0.0667. The van der Waals surface area contributed by atoms with E-state index in [1.54, 1.807) is 0 Å². The fraction of sp³-hybridized carbons (Fsp3) is 0.952. The van der Waals surface area contributed by atoms with Crippen LogP contribution in [0, 0.1) is 5.92 Å². The molecule has 1 saturated carbocycles. The summed E-state index contributed by atoms with van der Waals surface area (Å²) < 4.78 is 12.1. The molecule has 1 unspecified atom stereocenters. The van der Waals surface area contributed by atoms with E-state index in [-0.39, 0.29) is 17.2 Å². The van der Waals surface area contributed by atoms with Gasteiger partial charge in [-0.3, -0.25) is 0 Å². The van der Waals surface area contributed by atoms with Gasteiger partial charge in [0.15, 0.2) is 8.32 Å². The molecule has 0 aromatic rings. The third kappa shape index (κ3) is 7.74. The van der Waals surface area contributed by atoms with E-state index in [1.807, 2.05) is 20.8 Å².